The summed E-state index contributed by atoms with van der Waals surface area (Å²) in [4.78, 5) is 26.1. The van der Waals surface area contributed by atoms with Crippen LogP contribution in [0.2, 0.25) is 5.02 Å². The van der Waals surface area contributed by atoms with Crippen LogP contribution in [0, 0.1) is 0 Å². The van der Waals surface area contributed by atoms with Crippen molar-refractivity contribution in [2.45, 2.75) is 18.6 Å². The number of rotatable bonds is 6. The summed E-state index contributed by atoms with van der Waals surface area (Å²) in [7, 11) is 0. The van der Waals surface area contributed by atoms with E-state index in [1.54, 1.807) is 24.3 Å². The molecule has 2 aromatic rings. The number of aromatic nitrogens is 2. The Morgan fingerprint density at radius 3 is 2.84 bits per heavy atom. The van der Waals surface area contributed by atoms with Crippen LogP contribution in [-0.4, -0.2) is 45.8 Å². The van der Waals surface area contributed by atoms with Crippen LogP contribution in [0.5, 0.6) is 0 Å². The molecule has 132 valence electrons. The molecule has 0 aliphatic carbocycles. The second-order valence-electron chi connectivity index (χ2n) is 5.55. The highest BCUT2D eigenvalue weighted by molar-refractivity contribution is 7.99. The Bertz CT molecular complexity index is 762. The standard InChI is InChI=1S/C16H17ClN4O2S2/c17-11-4-3-5-12(8-11)18-15(23)16-20-19-13(25-16)9-24-10-14(22)21-6-1-2-7-21/h3-5,8H,1-2,6-7,9-10H2,(H,18,23). The zero-order valence-electron chi connectivity index (χ0n) is 13.4. The van der Waals surface area contributed by atoms with Crippen LogP contribution in [0.25, 0.3) is 0 Å². The molecule has 1 aliphatic heterocycles. The summed E-state index contributed by atoms with van der Waals surface area (Å²) in [5, 5.41) is 12.3. The van der Waals surface area contributed by atoms with Crippen molar-refractivity contribution in [2.24, 2.45) is 0 Å². The quantitative estimate of drug-likeness (QED) is 0.810. The molecule has 9 heteroatoms. The van der Waals surface area contributed by atoms with Crippen molar-refractivity contribution in [1.29, 1.82) is 0 Å². The van der Waals surface area contributed by atoms with Crippen molar-refractivity contribution in [3.63, 3.8) is 0 Å². The van der Waals surface area contributed by atoms with E-state index in [2.05, 4.69) is 15.5 Å². The Morgan fingerprint density at radius 2 is 2.08 bits per heavy atom. The van der Waals surface area contributed by atoms with Gasteiger partial charge in [0.1, 0.15) is 5.01 Å². The van der Waals surface area contributed by atoms with Gasteiger partial charge in [-0.25, -0.2) is 0 Å². The molecule has 6 nitrogen and oxygen atoms in total. The van der Waals surface area contributed by atoms with Crippen molar-refractivity contribution < 1.29 is 9.59 Å². The summed E-state index contributed by atoms with van der Waals surface area (Å²) in [5.41, 5.74) is 0.611. The number of carbonyl (C=O) groups is 2. The van der Waals surface area contributed by atoms with Gasteiger partial charge in [0.15, 0.2) is 0 Å². The van der Waals surface area contributed by atoms with E-state index in [1.165, 1.54) is 23.1 Å². The van der Waals surface area contributed by atoms with Gasteiger partial charge in [0, 0.05) is 29.6 Å². The molecular formula is C16H17ClN4O2S2. The first-order valence-corrected chi connectivity index (χ1v) is 10.2. The summed E-state index contributed by atoms with van der Waals surface area (Å²) in [6.45, 7) is 1.73. The fourth-order valence-electron chi connectivity index (χ4n) is 2.44. The number of hydrogen-bond acceptors (Lipinski definition) is 6. The van der Waals surface area contributed by atoms with E-state index in [0.29, 0.717) is 27.2 Å². The zero-order valence-corrected chi connectivity index (χ0v) is 15.8. The molecule has 1 aliphatic rings. The number of carbonyl (C=O) groups excluding carboxylic acids is 2. The lowest BCUT2D eigenvalue weighted by molar-refractivity contribution is -0.127. The first-order valence-electron chi connectivity index (χ1n) is 7.86. The van der Waals surface area contributed by atoms with E-state index in [0.717, 1.165) is 30.9 Å². The maximum absolute atomic E-state index is 12.2. The van der Waals surface area contributed by atoms with Crippen molar-refractivity contribution in [2.75, 3.05) is 24.2 Å². The maximum Gasteiger partial charge on any atom is 0.286 e. The van der Waals surface area contributed by atoms with Crippen LogP contribution in [0.1, 0.15) is 27.7 Å². The number of benzene rings is 1. The van der Waals surface area contributed by atoms with Crippen LogP contribution < -0.4 is 5.32 Å². The van der Waals surface area contributed by atoms with Crippen LogP contribution >= 0.6 is 34.7 Å². The third-order valence-electron chi connectivity index (χ3n) is 3.65. The van der Waals surface area contributed by atoms with Crippen LogP contribution in [0.3, 0.4) is 0 Å². The summed E-state index contributed by atoms with van der Waals surface area (Å²) < 4.78 is 0. The third kappa shape index (κ3) is 5.17. The molecule has 1 N–H and O–H groups in total. The average molecular weight is 397 g/mol. The molecule has 0 unspecified atom stereocenters. The second-order valence-corrected chi connectivity index (χ2v) is 8.03. The molecule has 0 saturated carbocycles. The van der Waals surface area contributed by atoms with Crippen LogP contribution in [0.4, 0.5) is 5.69 Å². The molecule has 2 amide bonds. The number of nitrogens with one attached hydrogen (secondary N) is 1. The highest BCUT2D eigenvalue weighted by atomic mass is 35.5. The molecule has 1 aromatic carbocycles. The molecule has 0 atom stereocenters. The topological polar surface area (TPSA) is 75.2 Å². The van der Waals surface area contributed by atoms with Gasteiger partial charge in [-0.2, -0.15) is 0 Å². The molecular weight excluding hydrogens is 380 g/mol. The molecule has 3 rings (SSSR count). The number of nitrogens with zero attached hydrogens (tertiary/aromatic N) is 3. The van der Waals surface area contributed by atoms with Gasteiger partial charge >= 0.3 is 0 Å². The van der Waals surface area contributed by atoms with E-state index in [4.69, 9.17) is 11.6 Å². The molecule has 1 fully saturated rings. The second kappa shape index (κ2) is 8.64. The van der Waals surface area contributed by atoms with Crippen LogP contribution in [0.15, 0.2) is 24.3 Å². The molecule has 2 heterocycles. The Labute approximate surface area is 159 Å². The first kappa shape index (κ1) is 18.2. The van der Waals surface area contributed by atoms with E-state index in [-0.39, 0.29) is 11.8 Å². The molecule has 25 heavy (non-hydrogen) atoms. The summed E-state index contributed by atoms with van der Waals surface area (Å²) >= 11 is 8.63. The molecule has 0 bridgehead atoms. The predicted molar refractivity (Wildman–Crippen MR) is 101 cm³/mol. The van der Waals surface area contributed by atoms with Gasteiger partial charge in [-0.1, -0.05) is 29.0 Å². The SMILES string of the molecule is O=C(Nc1cccc(Cl)c1)c1nnc(CSCC(=O)N2CCCC2)s1. The molecule has 1 saturated heterocycles. The van der Waals surface area contributed by atoms with E-state index >= 15 is 0 Å². The lowest BCUT2D eigenvalue weighted by atomic mass is 10.3. The zero-order chi connectivity index (χ0) is 17.6. The summed E-state index contributed by atoms with van der Waals surface area (Å²) in [6, 6.07) is 6.92. The van der Waals surface area contributed by atoms with Gasteiger partial charge in [-0.15, -0.1) is 22.0 Å². The number of thioether (sulfide) groups is 1. The Hall–Kier alpha value is -1.64. The maximum atomic E-state index is 12.2. The fourth-order valence-corrected chi connectivity index (χ4v) is 4.34. The van der Waals surface area contributed by atoms with E-state index in [1.807, 2.05) is 4.90 Å². The minimum absolute atomic E-state index is 0.172. The molecule has 0 spiro atoms. The first-order chi connectivity index (χ1) is 12.1. The number of halogens is 1. The van der Waals surface area contributed by atoms with Gasteiger partial charge in [0.05, 0.1) is 5.75 Å². The normalized spacial score (nSPS) is 13.9. The van der Waals surface area contributed by atoms with E-state index < -0.39 is 0 Å². The highest BCUT2D eigenvalue weighted by Gasteiger charge is 2.18. The summed E-state index contributed by atoms with van der Waals surface area (Å²) in [5.74, 6) is 0.862. The van der Waals surface area contributed by atoms with E-state index in [9.17, 15) is 9.59 Å². The van der Waals surface area contributed by atoms with Crippen LogP contribution in [-0.2, 0) is 10.5 Å². The van der Waals surface area contributed by atoms with Gasteiger partial charge in [0.2, 0.25) is 10.9 Å². The Morgan fingerprint density at radius 1 is 1.28 bits per heavy atom. The number of amides is 2. The smallest absolute Gasteiger partial charge is 0.286 e. The number of likely N-dealkylation sites (tertiary alicyclic amines) is 1. The van der Waals surface area contributed by atoms with Crippen molar-refractivity contribution in [3.05, 3.63) is 39.3 Å². The van der Waals surface area contributed by atoms with Gasteiger partial charge in [-0.05, 0) is 31.0 Å². The number of anilines is 1. The average Bonchev–Trinajstić information content (AvgIpc) is 3.27. The lowest BCUT2D eigenvalue weighted by Crippen LogP contribution is -2.29. The van der Waals surface area contributed by atoms with Gasteiger partial charge in [0.25, 0.3) is 5.91 Å². The molecule has 1 aromatic heterocycles. The highest BCUT2D eigenvalue weighted by Crippen LogP contribution is 2.20. The lowest BCUT2D eigenvalue weighted by Gasteiger charge is -2.14. The Balaban J connectivity index is 1.48. The van der Waals surface area contributed by atoms with Crippen molar-refractivity contribution in [1.82, 2.24) is 15.1 Å². The Kier molecular flexibility index (Phi) is 6.28. The van der Waals surface area contributed by atoms with Gasteiger partial charge in [-0.3, -0.25) is 9.59 Å². The predicted octanol–water partition coefficient (Wildman–Crippen LogP) is 3.30. The van der Waals surface area contributed by atoms with Crippen molar-refractivity contribution >= 4 is 52.2 Å². The summed E-state index contributed by atoms with van der Waals surface area (Å²) in [6.07, 6.45) is 2.19. The monoisotopic (exact) mass is 396 g/mol. The fraction of sp³-hybridized carbons (Fsp3) is 0.375. The number of hydrogen-bond donors (Lipinski definition) is 1. The van der Waals surface area contributed by atoms with Gasteiger partial charge < -0.3 is 10.2 Å². The minimum Gasteiger partial charge on any atom is -0.342 e. The largest absolute Gasteiger partial charge is 0.342 e. The minimum atomic E-state index is -0.316. The van der Waals surface area contributed by atoms with Crippen molar-refractivity contribution in [3.8, 4) is 0 Å². The third-order valence-corrected chi connectivity index (χ3v) is 5.92. The molecule has 0 radical (unpaired) electrons.